The Bertz CT molecular complexity index is 506. The van der Waals surface area contributed by atoms with Crippen molar-refractivity contribution in [1.29, 1.82) is 0 Å². The maximum atomic E-state index is 5.15. The van der Waals surface area contributed by atoms with Crippen molar-refractivity contribution in [3.63, 3.8) is 0 Å². The van der Waals surface area contributed by atoms with Crippen molar-refractivity contribution >= 4 is 0 Å². The van der Waals surface area contributed by atoms with Gasteiger partial charge in [0, 0.05) is 12.1 Å². The molecule has 2 aromatic rings. The number of hydrogen-bond acceptors (Lipinski definition) is 3. The number of pyridine rings is 1. The van der Waals surface area contributed by atoms with Crippen LogP contribution in [0, 0.1) is 0 Å². The summed E-state index contributed by atoms with van der Waals surface area (Å²) in [6.45, 7) is 0.851. The first-order chi connectivity index (χ1) is 8.69. The summed E-state index contributed by atoms with van der Waals surface area (Å²) in [6, 6.07) is 14.1. The van der Waals surface area contributed by atoms with E-state index in [1.54, 1.807) is 7.11 Å². The van der Waals surface area contributed by atoms with E-state index >= 15 is 0 Å². The number of rotatable bonds is 4. The summed E-state index contributed by atoms with van der Waals surface area (Å²) in [5, 5.41) is 0. The molecule has 0 unspecified atom stereocenters. The molecule has 0 aliphatic heterocycles. The van der Waals surface area contributed by atoms with E-state index in [4.69, 9.17) is 4.74 Å². The van der Waals surface area contributed by atoms with Crippen LogP contribution in [-0.4, -0.2) is 31.1 Å². The third kappa shape index (κ3) is 3.08. The van der Waals surface area contributed by atoms with Crippen molar-refractivity contribution in [1.82, 2.24) is 9.88 Å². The van der Waals surface area contributed by atoms with Gasteiger partial charge in [0.1, 0.15) is 5.75 Å². The van der Waals surface area contributed by atoms with Crippen molar-refractivity contribution in [2.75, 3.05) is 21.2 Å². The first kappa shape index (κ1) is 12.6. The van der Waals surface area contributed by atoms with E-state index in [1.807, 2.05) is 56.6 Å². The van der Waals surface area contributed by atoms with Crippen LogP contribution in [0.4, 0.5) is 0 Å². The van der Waals surface area contributed by atoms with Gasteiger partial charge in [-0.3, -0.25) is 4.98 Å². The molecule has 94 valence electrons. The van der Waals surface area contributed by atoms with Crippen molar-refractivity contribution in [2.45, 2.75) is 6.54 Å². The van der Waals surface area contributed by atoms with Crippen molar-refractivity contribution in [3.05, 3.63) is 48.2 Å². The van der Waals surface area contributed by atoms with Gasteiger partial charge in [0.25, 0.3) is 0 Å². The molecule has 0 saturated heterocycles. The average molecular weight is 242 g/mol. The van der Waals surface area contributed by atoms with Crippen LogP contribution in [0.2, 0.25) is 0 Å². The minimum absolute atomic E-state index is 0.851. The second-order valence-electron chi connectivity index (χ2n) is 4.48. The number of ether oxygens (including phenoxy) is 1. The van der Waals surface area contributed by atoms with Crippen molar-refractivity contribution in [3.8, 4) is 17.0 Å². The Morgan fingerprint density at radius 3 is 2.39 bits per heavy atom. The Morgan fingerprint density at radius 1 is 1.06 bits per heavy atom. The largest absolute Gasteiger partial charge is 0.497 e. The van der Waals surface area contributed by atoms with E-state index in [-0.39, 0.29) is 0 Å². The molecular weight excluding hydrogens is 224 g/mol. The highest BCUT2D eigenvalue weighted by molar-refractivity contribution is 5.60. The van der Waals surface area contributed by atoms with Gasteiger partial charge < -0.3 is 9.64 Å². The second kappa shape index (κ2) is 5.65. The minimum Gasteiger partial charge on any atom is -0.497 e. The summed E-state index contributed by atoms with van der Waals surface area (Å²) in [6.07, 6.45) is 0. The van der Waals surface area contributed by atoms with E-state index in [1.165, 1.54) is 0 Å². The molecule has 0 aliphatic rings. The van der Waals surface area contributed by atoms with Gasteiger partial charge in [-0.2, -0.15) is 0 Å². The van der Waals surface area contributed by atoms with Crippen LogP contribution in [0.5, 0.6) is 5.75 Å². The number of benzene rings is 1. The van der Waals surface area contributed by atoms with Crippen LogP contribution in [0.3, 0.4) is 0 Å². The van der Waals surface area contributed by atoms with Gasteiger partial charge in [-0.15, -0.1) is 0 Å². The molecule has 0 radical (unpaired) electrons. The zero-order chi connectivity index (χ0) is 13.0. The van der Waals surface area contributed by atoms with Gasteiger partial charge in [-0.1, -0.05) is 6.07 Å². The van der Waals surface area contributed by atoms with Crippen LogP contribution in [0.15, 0.2) is 42.5 Å². The highest BCUT2D eigenvalue weighted by atomic mass is 16.5. The lowest BCUT2D eigenvalue weighted by molar-refractivity contribution is 0.397. The first-order valence-corrected chi connectivity index (χ1v) is 5.94. The molecular formula is C15H18N2O. The van der Waals surface area contributed by atoms with Crippen LogP contribution in [-0.2, 0) is 6.54 Å². The van der Waals surface area contributed by atoms with Gasteiger partial charge in [0.15, 0.2) is 0 Å². The zero-order valence-electron chi connectivity index (χ0n) is 11.1. The Hall–Kier alpha value is -1.87. The third-order valence-electron chi connectivity index (χ3n) is 2.67. The topological polar surface area (TPSA) is 25.4 Å². The van der Waals surface area contributed by atoms with Crippen molar-refractivity contribution in [2.24, 2.45) is 0 Å². The van der Waals surface area contributed by atoms with E-state index < -0.39 is 0 Å². The molecule has 0 aliphatic carbocycles. The summed E-state index contributed by atoms with van der Waals surface area (Å²) in [5.41, 5.74) is 3.18. The van der Waals surface area contributed by atoms with Gasteiger partial charge >= 0.3 is 0 Å². The maximum absolute atomic E-state index is 5.15. The summed E-state index contributed by atoms with van der Waals surface area (Å²) in [5.74, 6) is 0.864. The standard InChI is InChI=1S/C15H18N2O/c1-17(2)11-13-5-4-6-15(16-13)12-7-9-14(18-3)10-8-12/h4-10H,11H2,1-3H3. The average Bonchev–Trinajstić information content (AvgIpc) is 2.38. The zero-order valence-corrected chi connectivity index (χ0v) is 11.1. The van der Waals surface area contributed by atoms with Crippen LogP contribution in [0.25, 0.3) is 11.3 Å². The first-order valence-electron chi connectivity index (χ1n) is 5.94. The lowest BCUT2D eigenvalue weighted by Crippen LogP contribution is -2.11. The third-order valence-corrected chi connectivity index (χ3v) is 2.67. The summed E-state index contributed by atoms with van der Waals surface area (Å²) in [7, 11) is 5.76. The minimum atomic E-state index is 0.851. The lowest BCUT2D eigenvalue weighted by Gasteiger charge is -2.10. The monoisotopic (exact) mass is 242 g/mol. The van der Waals surface area contributed by atoms with Crippen molar-refractivity contribution < 1.29 is 4.74 Å². The fourth-order valence-electron chi connectivity index (χ4n) is 1.81. The predicted octanol–water partition coefficient (Wildman–Crippen LogP) is 2.82. The molecule has 2 rings (SSSR count). The molecule has 1 aromatic heterocycles. The van der Waals surface area contributed by atoms with Gasteiger partial charge in [-0.05, 0) is 50.5 Å². The van der Waals surface area contributed by atoms with Crippen LogP contribution < -0.4 is 4.74 Å². The van der Waals surface area contributed by atoms with E-state index in [0.717, 1.165) is 29.2 Å². The Labute approximate surface area is 108 Å². The molecule has 0 atom stereocenters. The van der Waals surface area contributed by atoms with Gasteiger partial charge in [0.2, 0.25) is 0 Å². The van der Waals surface area contributed by atoms with Gasteiger partial charge in [-0.25, -0.2) is 0 Å². The fraction of sp³-hybridized carbons (Fsp3) is 0.267. The molecule has 0 N–H and O–H groups in total. The van der Waals surface area contributed by atoms with E-state index in [9.17, 15) is 0 Å². The summed E-state index contributed by atoms with van der Waals surface area (Å²) >= 11 is 0. The Morgan fingerprint density at radius 2 is 1.78 bits per heavy atom. The predicted molar refractivity (Wildman–Crippen MR) is 73.6 cm³/mol. The molecule has 3 heteroatoms. The van der Waals surface area contributed by atoms with E-state index in [2.05, 4.69) is 9.88 Å². The van der Waals surface area contributed by atoms with Crippen LogP contribution >= 0.6 is 0 Å². The number of hydrogen-bond donors (Lipinski definition) is 0. The van der Waals surface area contributed by atoms with Gasteiger partial charge in [0.05, 0.1) is 18.5 Å². The summed E-state index contributed by atoms with van der Waals surface area (Å²) in [4.78, 5) is 6.77. The number of aromatic nitrogens is 1. The molecule has 0 amide bonds. The molecule has 0 saturated carbocycles. The highest BCUT2D eigenvalue weighted by Crippen LogP contribution is 2.20. The quantitative estimate of drug-likeness (QED) is 0.824. The Balaban J connectivity index is 2.26. The van der Waals surface area contributed by atoms with E-state index in [0.29, 0.717) is 0 Å². The lowest BCUT2D eigenvalue weighted by atomic mass is 10.1. The fourth-order valence-corrected chi connectivity index (χ4v) is 1.81. The second-order valence-corrected chi connectivity index (χ2v) is 4.48. The molecule has 3 nitrogen and oxygen atoms in total. The number of methoxy groups -OCH3 is 1. The molecule has 1 heterocycles. The van der Waals surface area contributed by atoms with Crippen LogP contribution in [0.1, 0.15) is 5.69 Å². The molecule has 0 bridgehead atoms. The number of nitrogens with zero attached hydrogens (tertiary/aromatic N) is 2. The molecule has 0 fully saturated rings. The SMILES string of the molecule is COc1ccc(-c2cccc(CN(C)C)n2)cc1. The molecule has 1 aromatic carbocycles. The summed E-state index contributed by atoms with van der Waals surface area (Å²) < 4.78 is 5.15. The molecule has 0 spiro atoms. The highest BCUT2D eigenvalue weighted by Gasteiger charge is 2.02. The maximum Gasteiger partial charge on any atom is 0.118 e. The normalized spacial score (nSPS) is 10.7. The smallest absolute Gasteiger partial charge is 0.118 e. The Kier molecular flexibility index (Phi) is 3.95. The molecule has 18 heavy (non-hydrogen) atoms.